The summed E-state index contributed by atoms with van der Waals surface area (Å²) in [7, 11) is 0. The highest BCUT2D eigenvalue weighted by Gasteiger charge is 2.26. The Morgan fingerprint density at radius 3 is 2.55 bits per heavy atom. The lowest BCUT2D eigenvalue weighted by Crippen LogP contribution is -2.35. The topological polar surface area (TPSA) is 34.4 Å². The molecule has 3 rings (SSSR count). The molecule has 0 amide bonds. The van der Waals surface area contributed by atoms with Crippen molar-refractivity contribution in [3.05, 3.63) is 29.4 Å². The molecule has 0 saturated heterocycles. The number of aromatic nitrogens is 1. The van der Waals surface area contributed by atoms with Crippen LogP contribution in [0, 0.1) is 12.8 Å². The Morgan fingerprint density at radius 2 is 1.90 bits per heavy atom. The molecule has 108 valence electrons. The van der Waals surface area contributed by atoms with Gasteiger partial charge in [0.1, 0.15) is 5.49 Å². The van der Waals surface area contributed by atoms with Crippen molar-refractivity contribution in [2.24, 2.45) is 10.9 Å². The van der Waals surface area contributed by atoms with Gasteiger partial charge in [-0.25, -0.2) is 0 Å². The highest BCUT2D eigenvalue weighted by molar-refractivity contribution is 5.81. The molecule has 0 aromatic carbocycles. The Morgan fingerprint density at radius 1 is 1.15 bits per heavy atom. The van der Waals surface area contributed by atoms with E-state index in [2.05, 4.69) is 13.0 Å². The van der Waals surface area contributed by atoms with Gasteiger partial charge in [-0.2, -0.15) is 0 Å². The fourth-order valence-corrected chi connectivity index (χ4v) is 3.12. The van der Waals surface area contributed by atoms with Gasteiger partial charge < -0.3 is 0 Å². The molecule has 1 aromatic heterocycles. The van der Waals surface area contributed by atoms with Gasteiger partial charge in [-0.3, -0.25) is 14.4 Å². The van der Waals surface area contributed by atoms with Crippen LogP contribution in [0.5, 0.6) is 0 Å². The van der Waals surface area contributed by atoms with Crippen molar-refractivity contribution in [1.29, 1.82) is 0 Å². The highest BCUT2D eigenvalue weighted by atomic mass is 16.2. The zero-order valence-corrected chi connectivity index (χ0v) is 12.3. The third-order valence-electron chi connectivity index (χ3n) is 4.67. The Balaban J connectivity index is 1.92. The van der Waals surface area contributed by atoms with Crippen molar-refractivity contribution >= 4 is 5.91 Å². The number of nitrogens with zero attached hydrogens (tertiary/aromatic N) is 2. The van der Waals surface area contributed by atoms with Crippen LogP contribution in [0.25, 0.3) is 0 Å². The molecule has 1 aromatic rings. The molecule has 0 radical (unpaired) electrons. The summed E-state index contributed by atoms with van der Waals surface area (Å²) < 4.78 is 1.80. The summed E-state index contributed by atoms with van der Waals surface area (Å²) in [6, 6.07) is 4.48. The monoisotopic (exact) mass is 272 g/mol. The minimum absolute atomic E-state index is 0.225. The fraction of sp³-hybridized carbons (Fsp3) is 0.647. The molecular formula is C17H24N2O. The van der Waals surface area contributed by atoms with Crippen molar-refractivity contribution in [2.75, 3.05) is 0 Å². The molecule has 2 fully saturated rings. The lowest BCUT2D eigenvalue weighted by atomic mass is 9.84. The summed E-state index contributed by atoms with van der Waals surface area (Å²) in [6.45, 7) is 2.07. The molecule has 3 nitrogen and oxygen atoms in total. The maximum absolute atomic E-state index is 12.5. The van der Waals surface area contributed by atoms with Crippen molar-refractivity contribution in [2.45, 2.75) is 64.3 Å². The van der Waals surface area contributed by atoms with Crippen LogP contribution in [0.1, 0.15) is 61.7 Å². The predicted octanol–water partition coefficient (Wildman–Crippen LogP) is 3.47. The molecular weight excluding hydrogens is 248 g/mol. The maximum Gasteiger partial charge on any atom is 0.235 e. The standard InChI is InChI=1S/C17H24N2O/c1-13-10-11-19(17(20)14-6-5-7-14)16(12-13)18-15-8-3-2-4-9-15/h10-12,14-15H,2-9H2,1H3. The summed E-state index contributed by atoms with van der Waals surface area (Å²) in [6.07, 6.45) is 11.4. The van der Waals surface area contributed by atoms with Gasteiger partial charge >= 0.3 is 0 Å². The van der Waals surface area contributed by atoms with E-state index in [9.17, 15) is 4.79 Å². The van der Waals surface area contributed by atoms with E-state index < -0.39 is 0 Å². The maximum atomic E-state index is 12.5. The lowest BCUT2D eigenvalue weighted by Gasteiger charge is -2.25. The Labute approximate surface area is 120 Å². The van der Waals surface area contributed by atoms with Crippen LogP contribution in [0.2, 0.25) is 0 Å². The molecule has 3 heteroatoms. The molecule has 0 N–H and O–H groups in total. The summed E-state index contributed by atoms with van der Waals surface area (Å²) in [5.74, 6) is 0.467. The first-order chi connectivity index (χ1) is 9.74. The minimum Gasteiger partial charge on any atom is -0.274 e. The molecule has 0 aliphatic heterocycles. The van der Waals surface area contributed by atoms with Crippen molar-refractivity contribution in [3.8, 4) is 0 Å². The third-order valence-corrected chi connectivity index (χ3v) is 4.67. The zero-order chi connectivity index (χ0) is 13.9. The first-order valence-electron chi connectivity index (χ1n) is 8.01. The van der Waals surface area contributed by atoms with Crippen LogP contribution in [0.15, 0.2) is 23.3 Å². The number of hydrogen-bond acceptors (Lipinski definition) is 2. The second-order valence-electron chi connectivity index (χ2n) is 6.32. The second kappa shape index (κ2) is 5.94. The van der Waals surface area contributed by atoms with E-state index in [-0.39, 0.29) is 11.8 Å². The molecule has 0 bridgehead atoms. The van der Waals surface area contributed by atoms with Crippen molar-refractivity contribution < 1.29 is 4.79 Å². The van der Waals surface area contributed by atoms with E-state index in [1.807, 2.05) is 12.3 Å². The lowest BCUT2D eigenvalue weighted by molar-refractivity contribution is 0.0758. The largest absolute Gasteiger partial charge is 0.274 e. The van der Waals surface area contributed by atoms with Crippen molar-refractivity contribution in [3.63, 3.8) is 0 Å². The van der Waals surface area contributed by atoms with E-state index in [1.165, 1.54) is 44.1 Å². The number of aryl methyl sites for hydroxylation is 1. The van der Waals surface area contributed by atoms with Gasteiger partial charge in [-0.05, 0) is 50.3 Å². The third kappa shape index (κ3) is 2.87. The van der Waals surface area contributed by atoms with Gasteiger partial charge in [-0.15, -0.1) is 0 Å². The molecule has 2 saturated carbocycles. The number of pyridine rings is 1. The highest BCUT2D eigenvalue weighted by Crippen LogP contribution is 2.27. The normalized spacial score (nSPS) is 21.8. The van der Waals surface area contributed by atoms with Gasteiger partial charge in [0.05, 0.1) is 6.04 Å². The minimum atomic E-state index is 0.225. The van der Waals surface area contributed by atoms with Crippen LogP contribution < -0.4 is 5.49 Å². The molecule has 0 atom stereocenters. The molecule has 2 aliphatic carbocycles. The van der Waals surface area contributed by atoms with E-state index in [1.54, 1.807) is 4.57 Å². The van der Waals surface area contributed by atoms with Gasteiger partial charge in [0.15, 0.2) is 0 Å². The first-order valence-corrected chi connectivity index (χ1v) is 8.01. The SMILES string of the molecule is Cc1ccn(C(=O)C2CCC2)c(=NC2CCCCC2)c1. The Hall–Kier alpha value is -1.38. The van der Waals surface area contributed by atoms with E-state index in [0.717, 1.165) is 18.3 Å². The van der Waals surface area contributed by atoms with Gasteiger partial charge in [0.2, 0.25) is 5.91 Å². The number of hydrogen-bond donors (Lipinski definition) is 0. The van der Waals surface area contributed by atoms with Gasteiger partial charge in [-0.1, -0.05) is 25.7 Å². The molecule has 0 unspecified atom stereocenters. The van der Waals surface area contributed by atoms with E-state index >= 15 is 0 Å². The molecule has 0 spiro atoms. The van der Waals surface area contributed by atoms with Crippen LogP contribution in [-0.4, -0.2) is 16.5 Å². The Kier molecular flexibility index (Phi) is 4.04. The summed E-state index contributed by atoms with van der Waals surface area (Å²) in [5.41, 5.74) is 2.05. The van der Waals surface area contributed by atoms with E-state index in [4.69, 9.17) is 4.99 Å². The predicted molar refractivity (Wildman–Crippen MR) is 79.6 cm³/mol. The Bertz CT molecular complexity index is 548. The van der Waals surface area contributed by atoms with Crippen LogP contribution in [0.4, 0.5) is 0 Å². The number of rotatable bonds is 2. The van der Waals surface area contributed by atoms with Gasteiger partial charge in [0, 0.05) is 12.1 Å². The van der Waals surface area contributed by atoms with Gasteiger partial charge in [0.25, 0.3) is 0 Å². The summed E-state index contributed by atoms with van der Waals surface area (Å²) >= 11 is 0. The first kappa shape index (κ1) is 13.6. The molecule has 20 heavy (non-hydrogen) atoms. The van der Waals surface area contributed by atoms with E-state index in [0.29, 0.717) is 6.04 Å². The summed E-state index contributed by atoms with van der Waals surface area (Å²) in [5, 5.41) is 0. The average molecular weight is 272 g/mol. The second-order valence-corrected chi connectivity index (χ2v) is 6.32. The van der Waals surface area contributed by atoms with Crippen LogP contribution in [0.3, 0.4) is 0 Å². The average Bonchev–Trinajstić information content (AvgIpc) is 2.38. The molecule has 1 heterocycles. The number of carbonyl (C=O) groups excluding carboxylic acids is 1. The number of carbonyl (C=O) groups is 1. The quantitative estimate of drug-likeness (QED) is 0.811. The fourth-order valence-electron chi connectivity index (χ4n) is 3.12. The summed E-state index contributed by atoms with van der Waals surface area (Å²) in [4.78, 5) is 17.4. The smallest absolute Gasteiger partial charge is 0.235 e. The van der Waals surface area contributed by atoms with Crippen LogP contribution >= 0.6 is 0 Å². The zero-order valence-electron chi connectivity index (χ0n) is 12.3. The molecule has 2 aliphatic rings. The van der Waals surface area contributed by atoms with Crippen LogP contribution in [-0.2, 0) is 0 Å². The van der Waals surface area contributed by atoms with Crippen molar-refractivity contribution in [1.82, 2.24) is 4.57 Å².